The van der Waals surface area contributed by atoms with Gasteiger partial charge in [0.1, 0.15) is 0 Å². The Morgan fingerprint density at radius 3 is 2.39 bits per heavy atom. The van der Waals surface area contributed by atoms with Gasteiger partial charge in [-0.15, -0.1) is 0 Å². The summed E-state index contributed by atoms with van der Waals surface area (Å²) >= 11 is 0. The van der Waals surface area contributed by atoms with E-state index >= 15 is 0 Å². The maximum absolute atomic E-state index is 11.5. The normalized spacial score (nSPS) is 17.1. The average molecular weight is 256 g/mol. The molecule has 0 aromatic carbocycles. The molecule has 1 rings (SSSR count). The first-order valence-corrected chi connectivity index (χ1v) is 6.67. The first kappa shape index (κ1) is 14.8. The number of aliphatic carboxylic acids is 1. The highest BCUT2D eigenvalue weighted by atomic mass is 16.4. The molecular weight excluding hydrogens is 232 g/mol. The number of carbonyl (C=O) groups excluding carboxylic acids is 1. The van der Waals surface area contributed by atoms with Gasteiger partial charge in [-0.2, -0.15) is 0 Å². The van der Waals surface area contributed by atoms with Crippen LogP contribution >= 0.6 is 0 Å². The molecule has 5 heteroatoms. The summed E-state index contributed by atoms with van der Waals surface area (Å²) in [6.07, 6.45) is 3.95. The summed E-state index contributed by atoms with van der Waals surface area (Å²) in [5, 5.41) is 14.4. The quantitative estimate of drug-likeness (QED) is 0.651. The Hall–Kier alpha value is -1.26. The summed E-state index contributed by atoms with van der Waals surface area (Å²) in [6.45, 7) is 5.34. The van der Waals surface area contributed by atoms with Gasteiger partial charge < -0.3 is 15.7 Å². The second-order valence-corrected chi connectivity index (χ2v) is 5.72. The fraction of sp³-hybridized carbons (Fsp3) is 0.846. The Labute approximate surface area is 108 Å². The van der Waals surface area contributed by atoms with Crippen LogP contribution in [0.4, 0.5) is 4.79 Å². The van der Waals surface area contributed by atoms with Crippen LogP contribution in [-0.2, 0) is 4.79 Å². The van der Waals surface area contributed by atoms with Crippen molar-refractivity contribution in [1.29, 1.82) is 0 Å². The summed E-state index contributed by atoms with van der Waals surface area (Å²) in [4.78, 5) is 22.3. The standard InChI is InChI=1S/C13H24N2O3/c1-10(2)4-7-14-12(18)15-9-13(5-3-6-13)8-11(16)17/h10H,3-9H2,1-2H3,(H,16,17)(H2,14,15,18). The van der Waals surface area contributed by atoms with Crippen molar-refractivity contribution < 1.29 is 14.7 Å². The van der Waals surface area contributed by atoms with Crippen molar-refractivity contribution in [1.82, 2.24) is 10.6 Å². The van der Waals surface area contributed by atoms with Crippen LogP contribution in [0.2, 0.25) is 0 Å². The lowest BCUT2D eigenvalue weighted by molar-refractivity contribution is -0.141. The van der Waals surface area contributed by atoms with Crippen LogP contribution in [0.3, 0.4) is 0 Å². The zero-order valence-electron chi connectivity index (χ0n) is 11.3. The molecule has 5 nitrogen and oxygen atoms in total. The molecule has 0 bridgehead atoms. The predicted molar refractivity (Wildman–Crippen MR) is 69.4 cm³/mol. The number of carboxylic acid groups (broad SMARTS) is 1. The average Bonchev–Trinajstić information content (AvgIpc) is 2.20. The van der Waals surface area contributed by atoms with Gasteiger partial charge in [-0.3, -0.25) is 4.79 Å². The number of carbonyl (C=O) groups is 2. The molecule has 0 aliphatic heterocycles. The first-order chi connectivity index (χ1) is 8.43. The van der Waals surface area contributed by atoms with Gasteiger partial charge in [-0.25, -0.2) is 4.79 Å². The Balaban J connectivity index is 2.22. The molecule has 2 amide bonds. The topological polar surface area (TPSA) is 78.4 Å². The van der Waals surface area contributed by atoms with Crippen LogP contribution in [0, 0.1) is 11.3 Å². The molecule has 0 aromatic heterocycles. The summed E-state index contributed by atoms with van der Waals surface area (Å²) in [7, 11) is 0. The van der Waals surface area contributed by atoms with Gasteiger partial charge in [-0.1, -0.05) is 20.3 Å². The minimum Gasteiger partial charge on any atom is -0.481 e. The molecule has 1 aliphatic rings. The predicted octanol–water partition coefficient (Wildman–Crippen LogP) is 1.98. The SMILES string of the molecule is CC(C)CCNC(=O)NCC1(CC(=O)O)CCC1. The zero-order chi connectivity index (χ0) is 13.6. The van der Waals surface area contributed by atoms with Gasteiger partial charge in [0, 0.05) is 13.1 Å². The number of hydrogen-bond donors (Lipinski definition) is 3. The van der Waals surface area contributed by atoms with Crippen LogP contribution < -0.4 is 10.6 Å². The van der Waals surface area contributed by atoms with Crippen molar-refractivity contribution in [3.63, 3.8) is 0 Å². The van der Waals surface area contributed by atoms with E-state index in [0.29, 0.717) is 19.0 Å². The van der Waals surface area contributed by atoms with E-state index in [1.165, 1.54) is 0 Å². The monoisotopic (exact) mass is 256 g/mol. The third-order valence-corrected chi connectivity index (χ3v) is 3.57. The Morgan fingerprint density at radius 2 is 1.94 bits per heavy atom. The minimum atomic E-state index is -0.781. The summed E-state index contributed by atoms with van der Waals surface area (Å²) in [6, 6.07) is -0.188. The highest BCUT2D eigenvalue weighted by Gasteiger charge is 2.39. The molecular formula is C13H24N2O3. The molecule has 1 aliphatic carbocycles. The van der Waals surface area contributed by atoms with E-state index < -0.39 is 5.97 Å². The van der Waals surface area contributed by atoms with Gasteiger partial charge in [-0.05, 0) is 30.6 Å². The van der Waals surface area contributed by atoms with Crippen molar-refractivity contribution in [2.24, 2.45) is 11.3 Å². The number of amides is 2. The van der Waals surface area contributed by atoms with E-state index in [0.717, 1.165) is 25.7 Å². The molecule has 18 heavy (non-hydrogen) atoms. The van der Waals surface area contributed by atoms with Gasteiger partial charge in [0.25, 0.3) is 0 Å². The van der Waals surface area contributed by atoms with Crippen molar-refractivity contribution >= 4 is 12.0 Å². The molecule has 0 aromatic rings. The molecule has 0 heterocycles. The zero-order valence-corrected chi connectivity index (χ0v) is 11.3. The molecule has 1 saturated carbocycles. The summed E-state index contributed by atoms with van der Waals surface area (Å²) in [5.41, 5.74) is -0.207. The van der Waals surface area contributed by atoms with E-state index in [4.69, 9.17) is 5.11 Å². The van der Waals surface area contributed by atoms with Crippen molar-refractivity contribution in [2.45, 2.75) is 46.0 Å². The van der Waals surface area contributed by atoms with Gasteiger partial charge >= 0.3 is 12.0 Å². The van der Waals surface area contributed by atoms with Crippen LogP contribution in [0.5, 0.6) is 0 Å². The third kappa shape index (κ3) is 4.94. The fourth-order valence-electron chi connectivity index (χ4n) is 2.22. The molecule has 3 N–H and O–H groups in total. The number of carboxylic acids is 1. The third-order valence-electron chi connectivity index (χ3n) is 3.57. The van der Waals surface area contributed by atoms with Gasteiger partial charge in [0.05, 0.1) is 6.42 Å². The lowest BCUT2D eigenvalue weighted by Crippen LogP contribution is -2.46. The van der Waals surface area contributed by atoms with Crippen LogP contribution in [-0.4, -0.2) is 30.2 Å². The lowest BCUT2D eigenvalue weighted by atomic mass is 9.66. The lowest BCUT2D eigenvalue weighted by Gasteiger charge is -2.40. The molecule has 1 fully saturated rings. The van der Waals surface area contributed by atoms with Crippen LogP contribution in [0.25, 0.3) is 0 Å². The van der Waals surface area contributed by atoms with E-state index in [2.05, 4.69) is 24.5 Å². The molecule has 0 spiro atoms. The largest absolute Gasteiger partial charge is 0.481 e. The molecule has 0 unspecified atom stereocenters. The minimum absolute atomic E-state index is 0.152. The summed E-state index contributed by atoms with van der Waals surface area (Å²) < 4.78 is 0. The summed E-state index contributed by atoms with van der Waals surface area (Å²) in [5.74, 6) is -0.216. The Kier molecular flexibility index (Phi) is 5.44. The smallest absolute Gasteiger partial charge is 0.314 e. The maximum atomic E-state index is 11.5. The van der Waals surface area contributed by atoms with Crippen molar-refractivity contribution in [3.8, 4) is 0 Å². The maximum Gasteiger partial charge on any atom is 0.314 e. The highest BCUT2D eigenvalue weighted by Crippen LogP contribution is 2.43. The van der Waals surface area contributed by atoms with Gasteiger partial charge in [0.15, 0.2) is 0 Å². The van der Waals surface area contributed by atoms with E-state index in [-0.39, 0.29) is 17.9 Å². The van der Waals surface area contributed by atoms with Crippen molar-refractivity contribution in [2.75, 3.05) is 13.1 Å². The molecule has 104 valence electrons. The molecule has 0 radical (unpaired) electrons. The van der Waals surface area contributed by atoms with E-state index in [9.17, 15) is 9.59 Å². The fourth-order valence-corrected chi connectivity index (χ4v) is 2.22. The number of rotatable bonds is 7. The van der Waals surface area contributed by atoms with Gasteiger partial charge in [0.2, 0.25) is 0 Å². The number of urea groups is 1. The number of nitrogens with one attached hydrogen (secondary N) is 2. The second-order valence-electron chi connectivity index (χ2n) is 5.72. The van der Waals surface area contributed by atoms with Crippen LogP contribution in [0.15, 0.2) is 0 Å². The Bertz CT molecular complexity index is 299. The molecule has 0 saturated heterocycles. The van der Waals surface area contributed by atoms with Crippen LogP contribution in [0.1, 0.15) is 46.0 Å². The van der Waals surface area contributed by atoms with Crippen molar-refractivity contribution in [3.05, 3.63) is 0 Å². The van der Waals surface area contributed by atoms with E-state index in [1.54, 1.807) is 0 Å². The van der Waals surface area contributed by atoms with E-state index in [1.807, 2.05) is 0 Å². The number of hydrogen-bond acceptors (Lipinski definition) is 2. The first-order valence-electron chi connectivity index (χ1n) is 6.67. The molecule has 0 atom stereocenters. The Morgan fingerprint density at radius 1 is 1.28 bits per heavy atom. The highest BCUT2D eigenvalue weighted by molar-refractivity contribution is 5.74. The second kappa shape index (κ2) is 6.61.